The molecule has 1 fully saturated rings. The molecule has 1 aliphatic rings. The Balaban J connectivity index is 2.33. The van der Waals surface area contributed by atoms with Gasteiger partial charge < -0.3 is 10.1 Å². The first-order valence-corrected chi connectivity index (χ1v) is 3.64. The summed E-state index contributed by atoms with van der Waals surface area (Å²) in [5.74, 6) is 0. The molecule has 1 heterocycles. The molecule has 1 rings (SSSR count). The second-order valence-electron chi connectivity index (χ2n) is 2.81. The highest BCUT2D eigenvalue weighted by atomic mass is 19.1. The van der Waals surface area contributed by atoms with E-state index in [0.717, 1.165) is 6.54 Å². The standard InChI is InChI=1S/C7H14FNO/c1-5-7(8)3-6(10-2)4-9-5/h5-7,9H,3-4H2,1-2H3. The van der Waals surface area contributed by atoms with Crippen molar-refractivity contribution in [2.75, 3.05) is 13.7 Å². The molecule has 1 saturated heterocycles. The molecule has 2 nitrogen and oxygen atoms in total. The number of halogens is 1. The highest BCUT2D eigenvalue weighted by Crippen LogP contribution is 2.13. The molecule has 3 atom stereocenters. The number of hydrogen-bond donors (Lipinski definition) is 1. The van der Waals surface area contributed by atoms with Crippen molar-refractivity contribution in [1.29, 1.82) is 0 Å². The Hall–Kier alpha value is -0.150. The maximum Gasteiger partial charge on any atom is 0.118 e. The predicted molar refractivity (Wildman–Crippen MR) is 37.8 cm³/mol. The summed E-state index contributed by atoms with van der Waals surface area (Å²) in [5, 5.41) is 3.03. The summed E-state index contributed by atoms with van der Waals surface area (Å²) in [4.78, 5) is 0. The second kappa shape index (κ2) is 3.30. The number of alkyl halides is 1. The van der Waals surface area contributed by atoms with Crippen LogP contribution >= 0.6 is 0 Å². The molecule has 0 spiro atoms. The fourth-order valence-electron chi connectivity index (χ4n) is 1.16. The van der Waals surface area contributed by atoms with E-state index in [0.29, 0.717) is 6.42 Å². The van der Waals surface area contributed by atoms with Gasteiger partial charge in [0.25, 0.3) is 0 Å². The van der Waals surface area contributed by atoms with E-state index < -0.39 is 6.17 Å². The van der Waals surface area contributed by atoms with Crippen LogP contribution in [0.4, 0.5) is 4.39 Å². The number of piperidine rings is 1. The van der Waals surface area contributed by atoms with Crippen LogP contribution in [0.5, 0.6) is 0 Å². The van der Waals surface area contributed by atoms with Crippen molar-refractivity contribution in [3.63, 3.8) is 0 Å². The average Bonchev–Trinajstić information content (AvgIpc) is 1.95. The van der Waals surface area contributed by atoms with Crippen molar-refractivity contribution in [3.8, 4) is 0 Å². The first-order chi connectivity index (χ1) is 4.74. The molecule has 10 heavy (non-hydrogen) atoms. The summed E-state index contributed by atoms with van der Waals surface area (Å²) < 4.78 is 17.9. The maximum absolute atomic E-state index is 12.9. The van der Waals surface area contributed by atoms with Gasteiger partial charge >= 0.3 is 0 Å². The van der Waals surface area contributed by atoms with Crippen LogP contribution in [-0.2, 0) is 4.74 Å². The molecule has 60 valence electrons. The van der Waals surface area contributed by atoms with E-state index in [2.05, 4.69) is 5.32 Å². The van der Waals surface area contributed by atoms with Gasteiger partial charge in [0.15, 0.2) is 0 Å². The van der Waals surface area contributed by atoms with E-state index in [9.17, 15) is 4.39 Å². The van der Waals surface area contributed by atoms with Crippen LogP contribution in [0.2, 0.25) is 0 Å². The third kappa shape index (κ3) is 1.67. The lowest BCUT2D eigenvalue weighted by Gasteiger charge is -2.29. The smallest absolute Gasteiger partial charge is 0.118 e. The Kier molecular flexibility index (Phi) is 2.63. The van der Waals surface area contributed by atoms with E-state index >= 15 is 0 Å². The van der Waals surface area contributed by atoms with E-state index in [4.69, 9.17) is 4.74 Å². The third-order valence-electron chi connectivity index (χ3n) is 2.03. The fourth-order valence-corrected chi connectivity index (χ4v) is 1.16. The van der Waals surface area contributed by atoms with Crippen LogP contribution in [0.15, 0.2) is 0 Å². The van der Waals surface area contributed by atoms with Crippen molar-refractivity contribution in [2.24, 2.45) is 0 Å². The molecule has 0 saturated carbocycles. The van der Waals surface area contributed by atoms with Gasteiger partial charge in [0.2, 0.25) is 0 Å². The van der Waals surface area contributed by atoms with Crippen LogP contribution in [0, 0.1) is 0 Å². The molecule has 0 aliphatic carbocycles. The van der Waals surface area contributed by atoms with Gasteiger partial charge in [0, 0.05) is 26.1 Å². The predicted octanol–water partition coefficient (Wildman–Crippen LogP) is 0.721. The van der Waals surface area contributed by atoms with Crippen LogP contribution in [0.25, 0.3) is 0 Å². The van der Waals surface area contributed by atoms with Crippen molar-refractivity contribution in [1.82, 2.24) is 5.32 Å². The summed E-state index contributed by atoms with van der Waals surface area (Å²) in [6, 6.07) is -0.00796. The Bertz CT molecular complexity index is 110. The van der Waals surface area contributed by atoms with E-state index in [1.807, 2.05) is 6.92 Å². The van der Waals surface area contributed by atoms with Gasteiger partial charge in [-0.1, -0.05) is 0 Å². The Morgan fingerprint density at radius 1 is 1.60 bits per heavy atom. The van der Waals surface area contributed by atoms with Crippen molar-refractivity contribution in [2.45, 2.75) is 31.7 Å². The lowest BCUT2D eigenvalue weighted by molar-refractivity contribution is 0.0362. The number of rotatable bonds is 1. The van der Waals surface area contributed by atoms with Crippen LogP contribution in [-0.4, -0.2) is 32.0 Å². The minimum atomic E-state index is -0.751. The number of methoxy groups -OCH3 is 1. The molecular formula is C7H14FNO. The quantitative estimate of drug-likeness (QED) is 0.590. The average molecular weight is 147 g/mol. The molecule has 0 aromatic rings. The molecule has 3 unspecified atom stereocenters. The monoisotopic (exact) mass is 147 g/mol. The van der Waals surface area contributed by atoms with E-state index in [-0.39, 0.29) is 12.1 Å². The Morgan fingerprint density at radius 2 is 2.30 bits per heavy atom. The van der Waals surface area contributed by atoms with Gasteiger partial charge in [-0.15, -0.1) is 0 Å². The van der Waals surface area contributed by atoms with Crippen LogP contribution in [0.3, 0.4) is 0 Å². The highest BCUT2D eigenvalue weighted by Gasteiger charge is 2.26. The summed E-state index contributed by atoms with van der Waals surface area (Å²) >= 11 is 0. The summed E-state index contributed by atoms with van der Waals surface area (Å²) in [5.41, 5.74) is 0. The zero-order chi connectivity index (χ0) is 7.56. The number of hydrogen-bond acceptors (Lipinski definition) is 2. The van der Waals surface area contributed by atoms with Gasteiger partial charge in [-0.25, -0.2) is 4.39 Å². The number of nitrogens with one attached hydrogen (secondary N) is 1. The summed E-state index contributed by atoms with van der Waals surface area (Å²) in [6.45, 7) is 2.63. The summed E-state index contributed by atoms with van der Waals surface area (Å²) in [6.07, 6.45) is -0.158. The topological polar surface area (TPSA) is 21.3 Å². The molecule has 0 amide bonds. The first kappa shape index (κ1) is 7.95. The molecule has 0 aromatic heterocycles. The number of ether oxygens (including phenoxy) is 1. The van der Waals surface area contributed by atoms with E-state index in [1.165, 1.54) is 0 Å². The van der Waals surface area contributed by atoms with Crippen molar-refractivity contribution < 1.29 is 9.13 Å². The minimum Gasteiger partial charge on any atom is -0.380 e. The van der Waals surface area contributed by atoms with Gasteiger partial charge in [-0.05, 0) is 6.92 Å². The summed E-state index contributed by atoms with van der Waals surface area (Å²) in [7, 11) is 1.62. The molecule has 0 radical (unpaired) electrons. The lowest BCUT2D eigenvalue weighted by Crippen LogP contribution is -2.47. The van der Waals surface area contributed by atoms with Crippen LogP contribution < -0.4 is 5.32 Å². The lowest BCUT2D eigenvalue weighted by atomic mass is 10.0. The maximum atomic E-state index is 12.9. The van der Waals surface area contributed by atoms with Crippen molar-refractivity contribution in [3.05, 3.63) is 0 Å². The molecular weight excluding hydrogens is 133 g/mol. The minimum absolute atomic E-state index is 0.00796. The molecule has 1 aliphatic heterocycles. The third-order valence-corrected chi connectivity index (χ3v) is 2.03. The van der Waals surface area contributed by atoms with Gasteiger partial charge in [0.05, 0.1) is 6.10 Å². The molecule has 0 bridgehead atoms. The Labute approximate surface area is 60.8 Å². The molecule has 3 heteroatoms. The molecule has 1 N–H and O–H groups in total. The van der Waals surface area contributed by atoms with Crippen LogP contribution in [0.1, 0.15) is 13.3 Å². The molecule has 0 aromatic carbocycles. The zero-order valence-electron chi connectivity index (χ0n) is 6.43. The second-order valence-corrected chi connectivity index (χ2v) is 2.81. The van der Waals surface area contributed by atoms with E-state index in [1.54, 1.807) is 7.11 Å². The van der Waals surface area contributed by atoms with Crippen molar-refractivity contribution >= 4 is 0 Å². The Morgan fingerprint density at radius 3 is 2.80 bits per heavy atom. The van der Waals surface area contributed by atoms with Gasteiger partial charge in [-0.2, -0.15) is 0 Å². The van der Waals surface area contributed by atoms with Gasteiger partial charge in [-0.3, -0.25) is 0 Å². The van der Waals surface area contributed by atoms with Gasteiger partial charge in [0.1, 0.15) is 6.17 Å². The zero-order valence-corrected chi connectivity index (χ0v) is 6.43. The largest absolute Gasteiger partial charge is 0.380 e. The first-order valence-electron chi connectivity index (χ1n) is 3.64. The fraction of sp³-hybridized carbons (Fsp3) is 1.00. The normalized spacial score (nSPS) is 41.7. The highest BCUT2D eigenvalue weighted by molar-refractivity contribution is 4.82. The SMILES string of the molecule is COC1CNC(C)C(F)C1.